The molecule has 2 aliphatic heterocycles. The van der Waals surface area contributed by atoms with E-state index in [1.165, 1.54) is 89.1 Å². The summed E-state index contributed by atoms with van der Waals surface area (Å²) in [4.78, 5) is 0. The van der Waals surface area contributed by atoms with Gasteiger partial charge in [-0.25, -0.2) is 0 Å². The second-order valence-corrected chi connectivity index (χ2v) is 64.9. The number of allylic oxidation sites excluding steroid dienone is 32. The van der Waals surface area contributed by atoms with E-state index in [1.54, 1.807) is 28.4 Å². The van der Waals surface area contributed by atoms with Gasteiger partial charge < -0.3 is 0 Å². The van der Waals surface area contributed by atoms with Crippen molar-refractivity contribution in [3.63, 3.8) is 0 Å². The van der Waals surface area contributed by atoms with Crippen LogP contribution in [0.25, 0.3) is 0 Å². The summed E-state index contributed by atoms with van der Waals surface area (Å²) in [5.74, 6) is 3.10. The summed E-state index contributed by atoms with van der Waals surface area (Å²) in [6, 6.07) is 34.9. The van der Waals surface area contributed by atoms with Gasteiger partial charge in [-0.1, -0.05) is 0 Å². The van der Waals surface area contributed by atoms with Crippen LogP contribution in [-0.2, 0) is 14.9 Å². The van der Waals surface area contributed by atoms with E-state index in [4.69, 9.17) is 18.9 Å². The molecule has 0 aromatic heterocycles. The molecule has 4 aromatic rings. The first-order valence-corrected chi connectivity index (χ1v) is 45.4. The molecule has 2 fully saturated rings. The van der Waals surface area contributed by atoms with Gasteiger partial charge in [0.1, 0.15) is 0 Å². The number of hydrogen-bond acceptors (Lipinski definition) is 4. The summed E-state index contributed by atoms with van der Waals surface area (Å²) in [6.07, 6.45) is 48.4. The van der Waals surface area contributed by atoms with Crippen LogP contribution >= 0.6 is 17.0 Å². The second kappa shape index (κ2) is 18.7. The first kappa shape index (κ1) is 54.7. The van der Waals surface area contributed by atoms with E-state index >= 15 is 0 Å². The van der Waals surface area contributed by atoms with Gasteiger partial charge in [-0.05, 0) is 0 Å². The molecule has 9 heteroatoms. The summed E-state index contributed by atoms with van der Waals surface area (Å²) in [5, 5.41) is 0. The minimum atomic E-state index is -7.57. The summed E-state index contributed by atoms with van der Waals surface area (Å²) in [5.41, 5.74) is 20.8. The maximum atomic E-state index is 11.3. The molecule has 2 saturated heterocycles. The van der Waals surface area contributed by atoms with Crippen LogP contribution in [0.2, 0.25) is 24.1 Å². The molecule has 0 N–H and O–H groups in total. The van der Waals surface area contributed by atoms with Gasteiger partial charge in [-0.3, -0.25) is 0 Å². The Labute approximate surface area is 498 Å². The number of ether oxygens (including phenoxy) is 4. The quantitative estimate of drug-likeness (QED) is 0.165. The number of fused-ring (bicyclic) bond motifs is 8. The first-order valence-electron chi connectivity index (χ1n) is 29.5. The molecule has 8 unspecified atom stereocenters. The Kier molecular flexibility index (Phi) is 12.3. The standard InChI is InChI=1S/2C37H36O2Si.2ClH.Zr/c2*1-24-22-34-30(26-14-18-28(38-3)19-15-26)10-6-8-12-32(34)36(24)40(5)37-25(2)23-35-31(11-7-9-13-33(35)37)27-16-20-29(39-4)21-17-27;;;/h2*6-23,30-31,40H,1-5H3;2*1H;/q;;;;+2/p-2. The molecule has 83 heavy (non-hydrogen) atoms. The SMILES string of the molecule is COc1ccc(C2C=CC=CC3=C2C=C(C)[C]32[SiH](C)[C]3(C(C)=CC4=C3C=CC=CC4c3ccc(OC)cc3)[Zr]23([Cl])([Cl])[C]2(C(C)=CC4=C2C=CC=CC4c2ccc(OC)cc2)[SiH](C)[C]32C(C)=CC3=C2C=CC=CC3c2ccc(OC)cc2)cc1. The van der Waals surface area contributed by atoms with Crippen molar-refractivity contribution in [2.75, 3.05) is 28.4 Å². The molecule has 8 aliphatic carbocycles. The number of methoxy groups -OCH3 is 4. The minimum absolute atomic E-state index is 0.0635. The second-order valence-electron chi connectivity index (χ2n) is 25.0. The molecular formula is C74H72Cl2O4Si2Zr. The van der Waals surface area contributed by atoms with Gasteiger partial charge >= 0.3 is 503 Å². The molecule has 0 saturated carbocycles. The number of rotatable bonds is 8. The summed E-state index contributed by atoms with van der Waals surface area (Å²) < 4.78 is 20.2. The molecule has 0 radical (unpaired) electrons. The average Bonchev–Trinajstić information content (AvgIpc) is 1.53. The monoisotopic (exact) mass is 1240 g/mol. The van der Waals surface area contributed by atoms with Crippen LogP contribution in [0.4, 0.5) is 0 Å². The van der Waals surface area contributed by atoms with E-state index < -0.39 is 43.5 Å². The number of hydrogen-bond donors (Lipinski definition) is 0. The predicted octanol–water partition coefficient (Wildman–Crippen LogP) is 18.8. The third kappa shape index (κ3) is 5.85. The fourth-order valence-electron chi connectivity index (χ4n) is 21.1. The Bertz CT molecular complexity index is 3550. The van der Waals surface area contributed by atoms with Gasteiger partial charge in [0.05, 0.1) is 0 Å². The average molecular weight is 1240 g/mol. The Morgan fingerprint density at radius 1 is 0.337 bits per heavy atom. The zero-order valence-electron chi connectivity index (χ0n) is 49.1. The van der Waals surface area contributed by atoms with Gasteiger partial charge in [0.2, 0.25) is 0 Å². The Balaban J connectivity index is 1.18. The molecule has 8 atom stereocenters. The molecule has 4 aromatic carbocycles. The molecule has 0 bridgehead atoms. The molecule has 14 rings (SSSR count). The maximum absolute atomic E-state index is 11.3. The number of benzene rings is 4. The van der Waals surface area contributed by atoms with E-state index in [9.17, 15) is 17.0 Å². The Morgan fingerprint density at radius 2 is 0.542 bits per heavy atom. The molecule has 2 heterocycles. The normalized spacial score (nSPS) is 33.7. The van der Waals surface area contributed by atoms with Crippen molar-refractivity contribution in [1.29, 1.82) is 0 Å². The van der Waals surface area contributed by atoms with Gasteiger partial charge in [0.25, 0.3) is 0 Å². The van der Waals surface area contributed by atoms with E-state index in [2.05, 4.69) is 259 Å². The van der Waals surface area contributed by atoms with Crippen LogP contribution < -0.4 is 18.9 Å². The van der Waals surface area contributed by atoms with Crippen molar-refractivity contribution in [2.24, 2.45) is 0 Å². The Hall–Kier alpha value is -6.18. The molecule has 4 nitrogen and oxygen atoms in total. The Morgan fingerprint density at radius 3 is 0.735 bits per heavy atom. The molecule has 0 amide bonds. The van der Waals surface area contributed by atoms with E-state index in [0.29, 0.717) is 0 Å². The third-order valence-corrected chi connectivity index (χ3v) is 108. The predicted molar refractivity (Wildman–Crippen MR) is 348 cm³/mol. The zero-order chi connectivity index (χ0) is 57.7. The summed E-state index contributed by atoms with van der Waals surface area (Å²) in [6.45, 7) is 15.3. The van der Waals surface area contributed by atoms with E-state index in [0.717, 1.165) is 23.0 Å². The fourth-order valence-corrected chi connectivity index (χ4v) is 145. The van der Waals surface area contributed by atoms with Crippen molar-refractivity contribution in [3.8, 4) is 23.0 Å². The van der Waals surface area contributed by atoms with E-state index in [1.807, 2.05) is 0 Å². The van der Waals surface area contributed by atoms with Crippen molar-refractivity contribution in [1.82, 2.24) is 0 Å². The van der Waals surface area contributed by atoms with Crippen LogP contribution in [0.15, 0.2) is 285 Å². The fraction of sp³-hybridized carbons (Fsp3) is 0.243. The van der Waals surface area contributed by atoms with Crippen LogP contribution in [0.3, 0.4) is 0 Å². The van der Waals surface area contributed by atoms with Crippen LogP contribution in [0, 0.1) is 0 Å². The molecule has 10 aliphatic rings. The summed E-state index contributed by atoms with van der Waals surface area (Å²) >= 11 is -7.57. The topological polar surface area (TPSA) is 36.9 Å². The van der Waals surface area contributed by atoms with Crippen molar-refractivity contribution >= 4 is 34.6 Å². The zero-order valence-corrected chi connectivity index (χ0v) is 55.4. The molecule has 5 spiro atoms. The van der Waals surface area contributed by atoms with Crippen molar-refractivity contribution in [3.05, 3.63) is 308 Å². The first-order chi connectivity index (χ1) is 40.1. The van der Waals surface area contributed by atoms with Crippen LogP contribution in [0.5, 0.6) is 23.0 Å². The molecule has 418 valence electrons. The molecular weight excluding hydrogens is 1170 g/mol. The van der Waals surface area contributed by atoms with Gasteiger partial charge in [-0.2, -0.15) is 0 Å². The van der Waals surface area contributed by atoms with E-state index in [-0.39, 0.29) is 23.7 Å². The van der Waals surface area contributed by atoms with Crippen LogP contribution in [-0.4, -0.2) is 46.0 Å². The van der Waals surface area contributed by atoms with Gasteiger partial charge in [0.15, 0.2) is 0 Å². The summed E-state index contributed by atoms with van der Waals surface area (Å²) in [7, 11) is 24.5. The number of halogens is 2. The third-order valence-electron chi connectivity index (χ3n) is 23.0. The van der Waals surface area contributed by atoms with Crippen molar-refractivity contribution in [2.45, 2.75) is 75.4 Å². The van der Waals surface area contributed by atoms with Crippen LogP contribution in [0.1, 0.15) is 73.6 Å². The van der Waals surface area contributed by atoms with Gasteiger partial charge in [0, 0.05) is 0 Å². The van der Waals surface area contributed by atoms with Crippen molar-refractivity contribution < 1.29 is 33.9 Å². The van der Waals surface area contributed by atoms with Gasteiger partial charge in [-0.15, -0.1) is 0 Å².